The predicted molar refractivity (Wildman–Crippen MR) is 82.1 cm³/mol. The maximum absolute atomic E-state index is 12.9. The maximum atomic E-state index is 12.9. The summed E-state index contributed by atoms with van der Waals surface area (Å²) < 4.78 is 49.0. The molecule has 0 fully saturated rings. The lowest BCUT2D eigenvalue weighted by molar-refractivity contribution is -0.385. The summed E-state index contributed by atoms with van der Waals surface area (Å²) in [6.45, 7) is 0. The Morgan fingerprint density at radius 2 is 2.08 bits per heavy atom. The number of nitrogens with zero attached hydrogens (tertiary/aromatic N) is 3. The van der Waals surface area contributed by atoms with E-state index in [0.717, 1.165) is 32.4 Å². The molecule has 0 aliphatic heterocycles. The number of hydrogen-bond acceptors (Lipinski definition) is 6. The van der Waals surface area contributed by atoms with E-state index in [4.69, 9.17) is 16.3 Å². The molecule has 0 unspecified atom stereocenters. The van der Waals surface area contributed by atoms with E-state index in [1.54, 1.807) is 0 Å². The Balaban J connectivity index is 2.40. The fourth-order valence-corrected chi connectivity index (χ4v) is 2.44. The Hall–Kier alpha value is -2.82. The first-order valence-corrected chi connectivity index (χ1v) is 7.24. The summed E-state index contributed by atoms with van der Waals surface area (Å²) in [5.74, 6) is -1.34. The number of ether oxygens (including phenoxy) is 2. The summed E-state index contributed by atoms with van der Waals surface area (Å²) in [7, 11) is 2.15. The highest BCUT2D eigenvalue weighted by Gasteiger charge is 2.39. The number of carbonyl (C=O) groups excluding carboxylic acids is 1. The molecular weight excluding hydrogens is 383 g/mol. The summed E-state index contributed by atoms with van der Waals surface area (Å²) in [5, 5.41) is 13.8. The Bertz CT molecular complexity index is 866. The number of aryl methyl sites for hydroxylation is 1. The lowest BCUT2D eigenvalue weighted by Crippen LogP contribution is -2.12. The van der Waals surface area contributed by atoms with E-state index in [0.29, 0.717) is 4.68 Å². The molecule has 140 valence electrons. The van der Waals surface area contributed by atoms with Gasteiger partial charge >= 0.3 is 12.1 Å². The van der Waals surface area contributed by atoms with E-state index >= 15 is 0 Å². The molecule has 0 amide bonds. The van der Waals surface area contributed by atoms with Crippen LogP contribution in [0.1, 0.15) is 11.3 Å². The van der Waals surface area contributed by atoms with Crippen molar-refractivity contribution in [3.63, 3.8) is 0 Å². The van der Waals surface area contributed by atoms with Gasteiger partial charge in [-0.15, -0.1) is 5.10 Å². The van der Waals surface area contributed by atoms with Crippen molar-refractivity contribution in [1.29, 1.82) is 0 Å². The fraction of sp³-hybridized carbons (Fsp3) is 0.286. The topological polar surface area (TPSA) is 96.5 Å². The normalized spacial score (nSPS) is 11.3. The minimum Gasteiger partial charge on any atom is -0.469 e. The van der Waals surface area contributed by atoms with Crippen LogP contribution in [-0.4, -0.2) is 27.8 Å². The molecule has 0 spiro atoms. The van der Waals surface area contributed by atoms with Gasteiger partial charge in [0.1, 0.15) is 10.8 Å². The highest BCUT2D eigenvalue weighted by atomic mass is 35.5. The first kappa shape index (κ1) is 19.5. The number of rotatable bonds is 5. The predicted octanol–water partition coefficient (Wildman–Crippen LogP) is 3.51. The zero-order valence-electron chi connectivity index (χ0n) is 13.3. The SMILES string of the molecule is COC(=O)Cc1cc(Oc2nn(C)c(C(F)(F)F)c2Cl)ccc1[N+](=O)[O-]. The van der Waals surface area contributed by atoms with E-state index in [1.807, 2.05) is 0 Å². The number of halogens is 4. The second kappa shape index (κ2) is 7.20. The lowest BCUT2D eigenvalue weighted by atomic mass is 10.1. The Morgan fingerprint density at radius 3 is 2.58 bits per heavy atom. The molecular formula is C14H11ClF3N3O5. The number of aromatic nitrogens is 2. The van der Waals surface area contributed by atoms with Gasteiger partial charge in [0.05, 0.1) is 18.5 Å². The van der Waals surface area contributed by atoms with Gasteiger partial charge < -0.3 is 9.47 Å². The molecule has 12 heteroatoms. The summed E-state index contributed by atoms with van der Waals surface area (Å²) in [6.07, 6.45) is -5.17. The number of esters is 1. The van der Waals surface area contributed by atoms with Crippen LogP contribution in [0.5, 0.6) is 11.6 Å². The van der Waals surface area contributed by atoms with Gasteiger partial charge in [-0.1, -0.05) is 11.6 Å². The molecule has 1 aromatic heterocycles. The largest absolute Gasteiger partial charge is 0.469 e. The lowest BCUT2D eigenvalue weighted by Gasteiger charge is -2.07. The van der Waals surface area contributed by atoms with Crippen LogP contribution in [0.2, 0.25) is 5.02 Å². The molecule has 26 heavy (non-hydrogen) atoms. The number of hydrogen-bond donors (Lipinski definition) is 0. The van der Waals surface area contributed by atoms with Crippen LogP contribution in [0.3, 0.4) is 0 Å². The van der Waals surface area contributed by atoms with Gasteiger partial charge in [0.15, 0.2) is 5.69 Å². The van der Waals surface area contributed by atoms with Crippen LogP contribution in [0.4, 0.5) is 18.9 Å². The van der Waals surface area contributed by atoms with Crippen molar-refractivity contribution in [2.24, 2.45) is 7.05 Å². The molecule has 0 aliphatic carbocycles. The van der Waals surface area contributed by atoms with Gasteiger partial charge in [0, 0.05) is 18.7 Å². The van der Waals surface area contributed by atoms with E-state index in [-0.39, 0.29) is 17.0 Å². The third kappa shape index (κ3) is 4.04. The van der Waals surface area contributed by atoms with Crippen LogP contribution >= 0.6 is 11.6 Å². The molecule has 0 saturated carbocycles. The quantitative estimate of drug-likeness (QED) is 0.438. The van der Waals surface area contributed by atoms with Gasteiger partial charge in [-0.25, -0.2) is 0 Å². The third-order valence-electron chi connectivity index (χ3n) is 3.25. The van der Waals surface area contributed by atoms with E-state index in [1.165, 1.54) is 0 Å². The number of alkyl halides is 3. The average molecular weight is 394 g/mol. The molecule has 1 heterocycles. The van der Waals surface area contributed by atoms with Crippen molar-refractivity contribution < 1.29 is 32.4 Å². The Kier molecular flexibility index (Phi) is 5.40. The Labute approximate surface area is 149 Å². The van der Waals surface area contributed by atoms with Gasteiger partial charge in [-0.05, 0) is 12.1 Å². The van der Waals surface area contributed by atoms with Crippen LogP contribution < -0.4 is 4.74 Å². The van der Waals surface area contributed by atoms with Crippen LogP contribution in [0.25, 0.3) is 0 Å². The number of nitro groups is 1. The van der Waals surface area contributed by atoms with E-state index in [9.17, 15) is 28.1 Å². The number of nitro benzene ring substituents is 1. The molecule has 2 rings (SSSR count). The van der Waals surface area contributed by atoms with Crippen molar-refractivity contribution >= 4 is 23.3 Å². The fourth-order valence-electron chi connectivity index (χ4n) is 2.13. The van der Waals surface area contributed by atoms with E-state index in [2.05, 4.69) is 9.84 Å². The second-order valence-electron chi connectivity index (χ2n) is 4.99. The molecule has 0 N–H and O–H groups in total. The third-order valence-corrected chi connectivity index (χ3v) is 3.59. The smallest absolute Gasteiger partial charge is 0.434 e. The van der Waals surface area contributed by atoms with Gasteiger partial charge in [-0.3, -0.25) is 19.6 Å². The second-order valence-corrected chi connectivity index (χ2v) is 5.37. The van der Waals surface area contributed by atoms with Crippen molar-refractivity contribution in [3.8, 4) is 11.6 Å². The maximum Gasteiger partial charge on any atom is 0.434 e. The summed E-state index contributed by atoms with van der Waals surface area (Å²) >= 11 is 5.68. The zero-order chi connectivity index (χ0) is 19.6. The zero-order valence-corrected chi connectivity index (χ0v) is 14.1. The highest BCUT2D eigenvalue weighted by molar-refractivity contribution is 6.32. The van der Waals surface area contributed by atoms with Crippen molar-refractivity contribution in [2.75, 3.05) is 7.11 Å². The summed E-state index contributed by atoms with van der Waals surface area (Å²) in [5.41, 5.74) is -1.61. The molecule has 0 bridgehead atoms. The van der Waals surface area contributed by atoms with Crippen molar-refractivity contribution in [2.45, 2.75) is 12.6 Å². The Morgan fingerprint density at radius 1 is 1.42 bits per heavy atom. The minimum atomic E-state index is -4.74. The van der Waals surface area contributed by atoms with Crippen molar-refractivity contribution in [3.05, 3.63) is 44.6 Å². The summed E-state index contributed by atoms with van der Waals surface area (Å²) in [6, 6.07) is 3.33. The van der Waals surface area contributed by atoms with Gasteiger partial charge in [0.2, 0.25) is 0 Å². The van der Waals surface area contributed by atoms with Crippen LogP contribution in [0, 0.1) is 10.1 Å². The number of benzene rings is 1. The molecule has 1 aromatic carbocycles. The van der Waals surface area contributed by atoms with Crippen molar-refractivity contribution in [1.82, 2.24) is 9.78 Å². The van der Waals surface area contributed by atoms with Gasteiger partial charge in [0.25, 0.3) is 11.6 Å². The standard InChI is InChI=1S/C14H11ClF3N3O5/c1-20-12(14(16,17)18)11(15)13(19-20)26-8-3-4-9(21(23)24)7(5-8)6-10(22)25-2/h3-5H,6H2,1-2H3. The first-order chi connectivity index (χ1) is 12.0. The minimum absolute atomic E-state index is 0.0394. The molecule has 0 atom stereocenters. The van der Waals surface area contributed by atoms with Crippen LogP contribution in [0.15, 0.2) is 18.2 Å². The van der Waals surface area contributed by atoms with Crippen LogP contribution in [-0.2, 0) is 29.2 Å². The average Bonchev–Trinajstić information content (AvgIpc) is 2.80. The molecule has 0 aliphatic rings. The molecule has 0 saturated heterocycles. The highest BCUT2D eigenvalue weighted by Crippen LogP contribution is 2.40. The number of carbonyl (C=O) groups is 1. The van der Waals surface area contributed by atoms with E-state index < -0.39 is 40.1 Å². The van der Waals surface area contributed by atoms with Gasteiger partial charge in [-0.2, -0.15) is 13.2 Å². The molecule has 0 radical (unpaired) electrons. The molecule has 8 nitrogen and oxygen atoms in total. The monoisotopic (exact) mass is 393 g/mol. The molecule has 2 aromatic rings. The number of methoxy groups -OCH3 is 1. The first-order valence-electron chi connectivity index (χ1n) is 6.86. The summed E-state index contributed by atoms with van der Waals surface area (Å²) in [4.78, 5) is 21.7.